The van der Waals surface area contributed by atoms with Crippen LogP contribution in [0.3, 0.4) is 0 Å². The topological polar surface area (TPSA) is 116 Å². The number of carbonyl (C=O) groups excluding carboxylic acids is 3. The third-order valence-corrected chi connectivity index (χ3v) is 5.68. The van der Waals surface area contributed by atoms with Gasteiger partial charge in [0, 0.05) is 19.3 Å². The van der Waals surface area contributed by atoms with Gasteiger partial charge >= 0.3 is 0 Å². The lowest BCUT2D eigenvalue weighted by atomic mass is 10.1. The number of amides is 3. The van der Waals surface area contributed by atoms with Crippen molar-refractivity contribution in [2.45, 2.75) is 6.92 Å². The van der Waals surface area contributed by atoms with Gasteiger partial charge in [-0.25, -0.2) is 4.98 Å². The second-order valence-electron chi connectivity index (χ2n) is 6.84. The molecule has 180 valence electrons. The molecular formula is C23H25N3O7S. The second kappa shape index (κ2) is 11.4. The number of rotatable bonds is 10. The molecule has 3 amide bonds. The van der Waals surface area contributed by atoms with Gasteiger partial charge in [-0.15, -0.1) is 0 Å². The largest absolute Gasteiger partial charge is 0.493 e. The van der Waals surface area contributed by atoms with Crippen molar-refractivity contribution in [1.82, 2.24) is 15.2 Å². The van der Waals surface area contributed by atoms with Gasteiger partial charge in [-0.3, -0.25) is 19.3 Å². The van der Waals surface area contributed by atoms with Crippen molar-refractivity contribution in [2.75, 3.05) is 41.0 Å². The summed E-state index contributed by atoms with van der Waals surface area (Å²) in [6.45, 7) is 2.26. The molecule has 1 aromatic heterocycles. The Morgan fingerprint density at radius 1 is 1.15 bits per heavy atom. The summed E-state index contributed by atoms with van der Waals surface area (Å²) in [7, 11) is 4.48. The van der Waals surface area contributed by atoms with Gasteiger partial charge in [-0.1, -0.05) is 0 Å². The number of aromatic nitrogens is 1. The Morgan fingerprint density at radius 2 is 1.85 bits per heavy atom. The van der Waals surface area contributed by atoms with Crippen molar-refractivity contribution in [2.24, 2.45) is 0 Å². The van der Waals surface area contributed by atoms with E-state index >= 15 is 0 Å². The average molecular weight is 488 g/mol. The van der Waals surface area contributed by atoms with Crippen molar-refractivity contribution in [3.05, 3.63) is 46.5 Å². The lowest BCUT2D eigenvalue weighted by Crippen LogP contribution is -2.37. The van der Waals surface area contributed by atoms with E-state index in [-0.39, 0.29) is 29.4 Å². The summed E-state index contributed by atoms with van der Waals surface area (Å²) in [5, 5.41) is 2.27. The molecule has 10 nitrogen and oxygen atoms in total. The molecule has 11 heteroatoms. The lowest BCUT2D eigenvalue weighted by Gasteiger charge is -2.14. The van der Waals surface area contributed by atoms with E-state index in [2.05, 4.69) is 10.3 Å². The van der Waals surface area contributed by atoms with Crippen molar-refractivity contribution in [3.8, 4) is 23.1 Å². The van der Waals surface area contributed by atoms with E-state index < -0.39 is 17.1 Å². The molecule has 0 bridgehead atoms. The standard InChI is InChI=1S/C23H25N3O7S/c1-5-33-21-15(7-6-8-25-21)20(27)24-9-10-26-22(28)18(34-23(26)29)13-14-11-16(30-2)19(32-4)17(12-14)31-3/h6-8,11-13H,5,9-10H2,1-4H3,(H,24,27). The molecule has 1 aliphatic heterocycles. The number of hydrogen-bond donors (Lipinski definition) is 1. The number of nitrogens with zero attached hydrogens (tertiary/aromatic N) is 2. The van der Waals surface area contributed by atoms with Crippen LogP contribution in [0.1, 0.15) is 22.8 Å². The Kier molecular flexibility index (Phi) is 8.36. The van der Waals surface area contributed by atoms with E-state index in [0.717, 1.165) is 16.7 Å². The maximum atomic E-state index is 12.8. The molecule has 0 unspecified atom stereocenters. The summed E-state index contributed by atoms with van der Waals surface area (Å²) >= 11 is 0.821. The second-order valence-corrected chi connectivity index (χ2v) is 7.83. The van der Waals surface area contributed by atoms with Gasteiger partial charge in [0.15, 0.2) is 11.5 Å². The van der Waals surface area contributed by atoms with E-state index in [1.54, 1.807) is 37.3 Å². The van der Waals surface area contributed by atoms with Crippen LogP contribution < -0.4 is 24.3 Å². The Morgan fingerprint density at radius 3 is 2.47 bits per heavy atom. The molecule has 1 N–H and O–H groups in total. The van der Waals surface area contributed by atoms with Gasteiger partial charge in [-0.2, -0.15) is 0 Å². The van der Waals surface area contributed by atoms with E-state index in [1.807, 2.05) is 0 Å². The number of benzene rings is 1. The minimum absolute atomic E-state index is 0.0211. The third kappa shape index (κ3) is 5.42. The number of pyridine rings is 1. The zero-order valence-electron chi connectivity index (χ0n) is 19.2. The summed E-state index contributed by atoms with van der Waals surface area (Å²) in [5.74, 6) is 0.647. The van der Waals surface area contributed by atoms with Crippen molar-refractivity contribution in [1.29, 1.82) is 0 Å². The maximum Gasteiger partial charge on any atom is 0.293 e. The van der Waals surface area contributed by atoms with Gasteiger partial charge in [0.1, 0.15) is 5.56 Å². The molecule has 3 rings (SSSR count). The maximum absolute atomic E-state index is 12.8. The highest BCUT2D eigenvalue weighted by Crippen LogP contribution is 2.40. The molecule has 0 spiro atoms. The Bertz CT molecular complexity index is 1090. The van der Waals surface area contributed by atoms with Crippen LogP contribution >= 0.6 is 11.8 Å². The van der Waals surface area contributed by atoms with E-state index in [0.29, 0.717) is 29.4 Å². The molecule has 2 aromatic rings. The van der Waals surface area contributed by atoms with Crippen LogP contribution in [0.25, 0.3) is 6.08 Å². The normalized spacial score (nSPS) is 14.4. The molecule has 34 heavy (non-hydrogen) atoms. The summed E-state index contributed by atoms with van der Waals surface area (Å²) in [5.41, 5.74) is 0.883. The van der Waals surface area contributed by atoms with E-state index in [4.69, 9.17) is 18.9 Å². The van der Waals surface area contributed by atoms with Gasteiger partial charge in [-0.05, 0) is 54.6 Å². The highest BCUT2D eigenvalue weighted by Gasteiger charge is 2.35. The minimum atomic E-state index is -0.450. The first kappa shape index (κ1) is 24.9. The zero-order valence-corrected chi connectivity index (χ0v) is 20.1. The first-order chi connectivity index (χ1) is 16.4. The van der Waals surface area contributed by atoms with Crippen LogP contribution in [0.2, 0.25) is 0 Å². The number of imide groups is 1. The summed E-state index contributed by atoms with van der Waals surface area (Å²) in [6, 6.07) is 6.58. The predicted octanol–water partition coefficient (Wildman–Crippen LogP) is 2.97. The number of hydrogen-bond acceptors (Lipinski definition) is 9. The van der Waals surface area contributed by atoms with Gasteiger partial charge in [0.25, 0.3) is 17.1 Å². The van der Waals surface area contributed by atoms with Crippen LogP contribution in [0.15, 0.2) is 35.4 Å². The number of methoxy groups -OCH3 is 3. The third-order valence-electron chi connectivity index (χ3n) is 4.78. The molecule has 0 radical (unpaired) electrons. The highest BCUT2D eigenvalue weighted by atomic mass is 32.2. The van der Waals surface area contributed by atoms with Crippen molar-refractivity contribution >= 4 is 34.9 Å². The molecule has 0 atom stereocenters. The van der Waals surface area contributed by atoms with E-state index in [1.165, 1.54) is 27.5 Å². The molecule has 1 fully saturated rings. The summed E-state index contributed by atoms with van der Waals surface area (Å²) < 4.78 is 21.3. The Hall–Kier alpha value is -3.73. The van der Waals surface area contributed by atoms with Gasteiger partial charge in [0.05, 0.1) is 32.8 Å². The van der Waals surface area contributed by atoms with Gasteiger partial charge < -0.3 is 24.3 Å². The summed E-state index contributed by atoms with van der Waals surface area (Å²) in [6.07, 6.45) is 3.11. The summed E-state index contributed by atoms with van der Waals surface area (Å²) in [4.78, 5) is 43.1. The molecule has 0 saturated carbocycles. The molecule has 1 aliphatic rings. The monoisotopic (exact) mass is 487 g/mol. The Balaban J connectivity index is 1.68. The fourth-order valence-corrected chi connectivity index (χ4v) is 4.09. The molecule has 1 aromatic carbocycles. The molecular weight excluding hydrogens is 462 g/mol. The van der Waals surface area contributed by atoms with Crippen molar-refractivity contribution < 1.29 is 33.3 Å². The minimum Gasteiger partial charge on any atom is -0.493 e. The number of carbonyl (C=O) groups is 3. The van der Waals surface area contributed by atoms with Crippen molar-refractivity contribution in [3.63, 3.8) is 0 Å². The zero-order chi connectivity index (χ0) is 24.7. The number of ether oxygens (including phenoxy) is 4. The SMILES string of the molecule is CCOc1ncccc1C(=O)NCCN1C(=O)SC(=Cc2cc(OC)c(OC)c(OC)c2)C1=O. The molecule has 2 heterocycles. The van der Waals surface area contributed by atoms with Crippen LogP contribution in [-0.2, 0) is 4.79 Å². The first-order valence-corrected chi connectivity index (χ1v) is 11.2. The van der Waals surface area contributed by atoms with Crippen LogP contribution in [0, 0.1) is 0 Å². The fraction of sp³-hybridized carbons (Fsp3) is 0.304. The predicted molar refractivity (Wildman–Crippen MR) is 127 cm³/mol. The first-order valence-electron chi connectivity index (χ1n) is 10.3. The van der Waals surface area contributed by atoms with Crippen LogP contribution in [-0.4, -0.2) is 68.0 Å². The number of thioether (sulfide) groups is 1. The fourth-order valence-electron chi connectivity index (χ4n) is 3.22. The average Bonchev–Trinajstić information content (AvgIpc) is 3.11. The van der Waals surface area contributed by atoms with Crippen LogP contribution in [0.5, 0.6) is 23.1 Å². The quantitative estimate of drug-likeness (QED) is 0.505. The highest BCUT2D eigenvalue weighted by molar-refractivity contribution is 8.18. The lowest BCUT2D eigenvalue weighted by molar-refractivity contribution is -0.122. The van der Waals surface area contributed by atoms with Gasteiger partial charge in [0.2, 0.25) is 11.6 Å². The molecule has 1 saturated heterocycles. The molecule has 0 aliphatic carbocycles. The van der Waals surface area contributed by atoms with E-state index in [9.17, 15) is 14.4 Å². The Labute approximate surface area is 201 Å². The smallest absolute Gasteiger partial charge is 0.293 e. The number of nitrogens with one attached hydrogen (secondary N) is 1. The van der Waals surface area contributed by atoms with Crippen LogP contribution in [0.4, 0.5) is 4.79 Å².